The Morgan fingerprint density at radius 2 is 2.21 bits per heavy atom. The summed E-state index contributed by atoms with van der Waals surface area (Å²) in [6.07, 6.45) is 1.14. The molecule has 1 rings (SSSR count). The van der Waals surface area contributed by atoms with Gasteiger partial charge >= 0.3 is 0 Å². The van der Waals surface area contributed by atoms with E-state index >= 15 is 0 Å². The molecule has 0 aromatic carbocycles. The number of primary amides is 1. The lowest BCUT2D eigenvalue weighted by Gasteiger charge is -2.19. The summed E-state index contributed by atoms with van der Waals surface area (Å²) < 4.78 is 23.8. The highest BCUT2D eigenvalue weighted by atomic mass is 32.2. The Morgan fingerprint density at radius 1 is 1.57 bits per heavy atom. The van der Waals surface area contributed by atoms with Gasteiger partial charge in [-0.2, -0.15) is 0 Å². The quantitative estimate of drug-likeness (QED) is 0.561. The summed E-state index contributed by atoms with van der Waals surface area (Å²) >= 11 is 0. The maximum atomic E-state index is 11.3. The maximum absolute atomic E-state index is 11.3. The van der Waals surface area contributed by atoms with Gasteiger partial charge in [0.25, 0.3) is 0 Å². The van der Waals surface area contributed by atoms with Crippen LogP contribution in [0.4, 0.5) is 0 Å². The summed E-state index contributed by atoms with van der Waals surface area (Å²) in [6, 6.07) is 0. The van der Waals surface area contributed by atoms with Gasteiger partial charge < -0.3 is 11.1 Å². The minimum absolute atomic E-state index is 0.182. The van der Waals surface area contributed by atoms with E-state index in [9.17, 15) is 13.2 Å². The molecule has 0 unspecified atom stereocenters. The molecule has 6 nitrogen and oxygen atoms in total. The van der Waals surface area contributed by atoms with Crippen molar-refractivity contribution in [2.75, 3.05) is 32.4 Å². The van der Waals surface area contributed by atoms with E-state index in [4.69, 9.17) is 5.73 Å². The molecule has 0 aromatic rings. The number of carbonyl (C=O) groups excluding carboxylic acids is 1. The molecule has 1 saturated heterocycles. The van der Waals surface area contributed by atoms with Crippen molar-refractivity contribution in [2.45, 2.75) is 0 Å². The minimum atomic E-state index is -3.23. The summed E-state index contributed by atoms with van der Waals surface area (Å²) in [5, 5.41) is 2.97. The van der Waals surface area contributed by atoms with Gasteiger partial charge in [0.1, 0.15) is 0 Å². The summed E-state index contributed by atoms with van der Waals surface area (Å²) in [4.78, 5) is 10.9. The third-order valence-electron chi connectivity index (χ3n) is 2.22. The molecule has 1 atom stereocenters. The lowest BCUT2D eigenvalue weighted by Crippen LogP contribution is -2.39. The van der Waals surface area contributed by atoms with Gasteiger partial charge in [0.2, 0.25) is 15.9 Å². The van der Waals surface area contributed by atoms with Crippen molar-refractivity contribution in [1.29, 1.82) is 0 Å². The van der Waals surface area contributed by atoms with Gasteiger partial charge in [-0.05, 0) is 0 Å². The standard InChI is InChI=1S/C7H15N3O3S/c1-14(12,13)10-3-2-9-4-6(5-10)7(8)11/h6,9H,2-5H2,1H3,(H2,8,11)/t6-/m0/s1. The van der Waals surface area contributed by atoms with Crippen LogP contribution in [0.25, 0.3) is 0 Å². The number of rotatable bonds is 2. The largest absolute Gasteiger partial charge is 0.369 e. The average molecular weight is 221 g/mol. The van der Waals surface area contributed by atoms with Crippen LogP contribution in [0.2, 0.25) is 0 Å². The van der Waals surface area contributed by atoms with Crippen molar-refractivity contribution in [3.05, 3.63) is 0 Å². The summed E-state index contributed by atoms with van der Waals surface area (Å²) in [6.45, 7) is 1.57. The van der Waals surface area contributed by atoms with Gasteiger partial charge in [-0.3, -0.25) is 4.79 Å². The molecular weight excluding hydrogens is 206 g/mol. The molecule has 1 fully saturated rings. The fraction of sp³-hybridized carbons (Fsp3) is 0.857. The molecule has 0 saturated carbocycles. The Morgan fingerprint density at radius 3 is 2.71 bits per heavy atom. The first kappa shape index (κ1) is 11.4. The number of amides is 1. The van der Waals surface area contributed by atoms with E-state index in [1.54, 1.807) is 0 Å². The summed E-state index contributed by atoms with van der Waals surface area (Å²) in [7, 11) is -3.23. The maximum Gasteiger partial charge on any atom is 0.223 e. The van der Waals surface area contributed by atoms with Crippen molar-refractivity contribution in [3.63, 3.8) is 0 Å². The molecule has 14 heavy (non-hydrogen) atoms. The number of hydrogen-bond donors (Lipinski definition) is 2. The van der Waals surface area contributed by atoms with Gasteiger partial charge in [-0.25, -0.2) is 12.7 Å². The molecule has 1 aliphatic rings. The molecule has 0 aromatic heterocycles. The number of nitrogens with zero attached hydrogens (tertiary/aromatic N) is 1. The monoisotopic (exact) mass is 221 g/mol. The van der Waals surface area contributed by atoms with Gasteiger partial charge in [0, 0.05) is 26.2 Å². The molecule has 0 radical (unpaired) electrons. The van der Waals surface area contributed by atoms with Gasteiger partial charge in [0.05, 0.1) is 12.2 Å². The molecule has 1 aliphatic heterocycles. The number of hydrogen-bond acceptors (Lipinski definition) is 4. The zero-order valence-electron chi connectivity index (χ0n) is 8.06. The van der Waals surface area contributed by atoms with Crippen molar-refractivity contribution >= 4 is 15.9 Å². The van der Waals surface area contributed by atoms with E-state index in [0.29, 0.717) is 19.6 Å². The Hall–Kier alpha value is -0.660. The van der Waals surface area contributed by atoms with Crippen LogP contribution in [0.1, 0.15) is 0 Å². The van der Waals surface area contributed by atoms with E-state index in [1.165, 1.54) is 4.31 Å². The zero-order valence-corrected chi connectivity index (χ0v) is 8.88. The first-order valence-electron chi connectivity index (χ1n) is 4.36. The van der Waals surface area contributed by atoms with E-state index in [1.807, 2.05) is 0 Å². The highest BCUT2D eigenvalue weighted by molar-refractivity contribution is 7.88. The third-order valence-corrected chi connectivity index (χ3v) is 3.49. The van der Waals surface area contributed by atoms with Crippen LogP contribution < -0.4 is 11.1 Å². The van der Waals surface area contributed by atoms with Crippen molar-refractivity contribution in [2.24, 2.45) is 11.7 Å². The van der Waals surface area contributed by atoms with Crippen molar-refractivity contribution in [3.8, 4) is 0 Å². The number of nitrogens with two attached hydrogens (primary N) is 1. The lowest BCUT2D eigenvalue weighted by atomic mass is 10.1. The molecule has 0 bridgehead atoms. The second-order valence-corrected chi connectivity index (χ2v) is 5.41. The lowest BCUT2D eigenvalue weighted by molar-refractivity contribution is -0.121. The summed E-state index contributed by atoms with van der Waals surface area (Å²) in [5.74, 6) is -0.903. The van der Waals surface area contributed by atoms with Gasteiger partial charge in [0.15, 0.2) is 0 Å². The second-order valence-electron chi connectivity index (χ2n) is 3.42. The smallest absolute Gasteiger partial charge is 0.223 e. The number of nitrogens with one attached hydrogen (secondary N) is 1. The molecule has 0 aliphatic carbocycles. The Labute approximate surface area is 83.5 Å². The number of sulfonamides is 1. The first-order chi connectivity index (χ1) is 6.41. The average Bonchev–Trinajstić information content (AvgIpc) is 2.26. The molecule has 1 amide bonds. The molecule has 82 valence electrons. The normalized spacial score (nSPS) is 25.6. The Balaban J connectivity index is 2.75. The fourth-order valence-electron chi connectivity index (χ4n) is 1.37. The third kappa shape index (κ3) is 2.93. The SMILES string of the molecule is CS(=O)(=O)N1CCNC[C@H](C(N)=O)C1. The predicted molar refractivity (Wildman–Crippen MR) is 52.0 cm³/mol. The number of carbonyl (C=O) groups is 1. The molecule has 3 N–H and O–H groups in total. The van der Waals surface area contributed by atoms with Crippen LogP contribution in [-0.2, 0) is 14.8 Å². The van der Waals surface area contributed by atoms with Crippen molar-refractivity contribution < 1.29 is 13.2 Å². The van der Waals surface area contributed by atoms with Crippen LogP contribution in [-0.4, -0.2) is 51.1 Å². The Kier molecular flexibility index (Phi) is 3.46. The Bertz CT molecular complexity index is 314. The fourth-order valence-corrected chi connectivity index (χ4v) is 2.25. The first-order valence-corrected chi connectivity index (χ1v) is 6.21. The van der Waals surface area contributed by atoms with Crippen LogP contribution in [0.3, 0.4) is 0 Å². The van der Waals surface area contributed by atoms with Crippen LogP contribution in [0, 0.1) is 5.92 Å². The van der Waals surface area contributed by atoms with Crippen LogP contribution in [0.5, 0.6) is 0 Å². The second kappa shape index (κ2) is 4.24. The highest BCUT2D eigenvalue weighted by Gasteiger charge is 2.26. The van der Waals surface area contributed by atoms with Crippen molar-refractivity contribution in [1.82, 2.24) is 9.62 Å². The molecular formula is C7H15N3O3S. The minimum Gasteiger partial charge on any atom is -0.369 e. The van der Waals surface area contributed by atoms with Crippen LogP contribution in [0.15, 0.2) is 0 Å². The van der Waals surface area contributed by atoms with E-state index in [2.05, 4.69) is 5.32 Å². The van der Waals surface area contributed by atoms with Crippen LogP contribution >= 0.6 is 0 Å². The molecule has 1 heterocycles. The van der Waals surface area contributed by atoms with Gasteiger partial charge in [-0.1, -0.05) is 0 Å². The molecule has 0 spiro atoms. The van der Waals surface area contributed by atoms with E-state index in [0.717, 1.165) is 6.26 Å². The molecule has 7 heteroatoms. The van der Waals surface area contributed by atoms with Gasteiger partial charge in [-0.15, -0.1) is 0 Å². The zero-order chi connectivity index (χ0) is 10.8. The highest BCUT2D eigenvalue weighted by Crippen LogP contribution is 2.06. The van der Waals surface area contributed by atoms with E-state index in [-0.39, 0.29) is 6.54 Å². The summed E-state index contributed by atoms with van der Waals surface area (Å²) in [5.41, 5.74) is 5.14. The topological polar surface area (TPSA) is 92.5 Å². The van der Waals surface area contributed by atoms with E-state index < -0.39 is 21.8 Å². The predicted octanol–water partition coefficient (Wildman–Crippen LogP) is -2.05.